The fourth-order valence-electron chi connectivity index (χ4n) is 2.80. The summed E-state index contributed by atoms with van der Waals surface area (Å²) < 4.78 is 26.8. The molecule has 0 unspecified atom stereocenters. The number of benzene rings is 1. The van der Waals surface area contributed by atoms with Crippen molar-refractivity contribution in [1.29, 1.82) is 0 Å². The Morgan fingerprint density at radius 3 is 2.36 bits per heavy atom. The molecule has 3 amide bonds. The van der Waals surface area contributed by atoms with Gasteiger partial charge in [0.25, 0.3) is 10.0 Å². The van der Waals surface area contributed by atoms with Crippen molar-refractivity contribution in [2.24, 2.45) is 0 Å². The van der Waals surface area contributed by atoms with Gasteiger partial charge in [0.05, 0.1) is 4.90 Å². The van der Waals surface area contributed by atoms with E-state index in [0.29, 0.717) is 22.4 Å². The van der Waals surface area contributed by atoms with E-state index in [9.17, 15) is 18.0 Å². The number of hydrogen-bond donors (Lipinski definition) is 1. The summed E-state index contributed by atoms with van der Waals surface area (Å²) in [5.74, 6) is -0.653. The van der Waals surface area contributed by atoms with Crippen LogP contribution in [0.15, 0.2) is 29.2 Å². The smallest absolute Gasteiger partial charge is 0.324 e. The van der Waals surface area contributed by atoms with Gasteiger partial charge < -0.3 is 4.90 Å². The van der Waals surface area contributed by atoms with Gasteiger partial charge in [-0.1, -0.05) is 29.0 Å². The number of urea groups is 1. The molecule has 9 nitrogen and oxygen atoms in total. The van der Waals surface area contributed by atoms with Crippen molar-refractivity contribution < 1.29 is 18.0 Å². The van der Waals surface area contributed by atoms with Crippen molar-refractivity contribution in [3.05, 3.63) is 34.8 Å². The van der Waals surface area contributed by atoms with Crippen LogP contribution in [0.4, 0.5) is 9.93 Å². The Kier molecular flexibility index (Phi) is 5.94. The predicted molar refractivity (Wildman–Crippen MR) is 105 cm³/mol. The molecule has 1 aliphatic heterocycles. The van der Waals surface area contributed by atoms with E-state index < -0.39 is 28.5 Å². The predicted octanol–water partition coefficient (Wildman–Crippen LogP) is 2.00. The van der Waals surface area contributed by atoms with Crippen molar-refractivity contribution in [3.63, 3.8) is 0 Å². The summed E-state index contributed by atoms with van der Waals surface area (Å²) in [6.45, 7) is 3.87. The molecule has 1 fully saturated rings. The van der Waals surface area contributed by atoms with Crippen LogP contribution in [0.2, 0.25) is 0 Å². The Labute approximate surface area is 167 Å². The minimum atomic E-state index is -4.19. The van der Waals surface area contributed by atoms with Gasteiger partial charge in [-0.15, -0.1) is 10.2 Å². The van der Waals surface area contributed by atoms with Gasteiger partial charge in [-0.25, -0.2) is 17.5 Å². The van der Waals surface area contributed by atoms with E-state index in [-0.39, 0.29) is 10.0 Å². The summed E-state index contributed by atoms with van der Waals surface area (Å²) in [7, 11) is -4.19. The zero-order valence-electron chi connectivity index (χ0n) is 15.6. The zero-order chi connectivity index (χ0) is 20.3. The molecule has 0 saturated carbocycles. The van der Waals surface area contributed by atoms with E-state index in [2.05, 4.69) is 15.5 Å². The lowest BCUT2D eigenvalue weighted by molar-refractivity contribution is -0.116. The molecule has 28 heavy (non-hydrogen) atoms. The lowest BCUT2D eigenvalue weighted by atomic mass is 10.2. The first-order valence-electron chi connectivity index (χ1n) is 8.75. The molecule has 0 bridgehead atoms. The van der Waals surface area contributed by atoms with Gasteiger partial charge in [-0.2, -0.15) is 0 Å². The summed E-state index contributed by atoms with van der Waals surface area (Å²) in [6.07, 6.45) is 1.61. The van der Waals surface area contributed by atoms with Crippen LogP contribution in [0, 0.1) is 13.8 Å². The van der Waals surface area contributed by atoms with Crippen LogP contribution in [-0.4, -0.2) is 59.4 Å². The average molecular weight is 424 g/mol. The Hall–Kier alpha value is -2.53. The number of aryl methyl sites for hydroxylation is 2. The third-order valence-corrected chi connectivity index (χ3v) is 6.75. The van der Waals surface area contributed by atoms with Gasteiger partial charge >= 0.3 is 6.03 Å². The van der Waals surface area contributed by atoms with E-state index in [0.717, 1.165) is 29.7 Å². The summed E-state index contributed by atoms with van der Waals surface area (Å²) in [4.78, 5) is 26.7. The molecule has 11 heteroatoms. The van der Waals surface area contributed by atoms with E-state index in [1.165, 1.54) is 17.0 Å². The molecule has 0 atom stereocenters. The first-order chi connectivity index (χ1) is 13.3. The van der Waals surface area contributed by atoms with Crippen molar-refractivity contribution in [2.45, 2.75) is 31.6 Å². The molecular formula is C17H21N5O4S2. The minimum absolute atomic E-state index is 0.0368. The van der Waals surface area contributed by atoms with E-state index >= 15 is 0 Å². The maximum Gasteiger partial charge on any atom is 0.334 e. The normalized spacial score (nSPS) is 14.1. The first kappa shape index (κ1) is 20.2. The van der Waals surface area contributed by atoms with E-state index in [1.54, 1.807) is 19.1 Å². The van der Waals surface area contributed by atoms with Gasteiger partial charge in [0, 0.05) is 13.1 Å². The number of nitrogens with one attached hydrogen (secondary N) is 1. The molecule has 1 saturated heterocycles. The Morgan fingerprint density at radius 1 is 1.14 bits per heavy atom. The van der Waals surface area contributed by atoms with Crippen LogP contribution in [-0.2, 0) is 14.8 Å². The SMILES string of the molecule is Cc1ccc(S(=O)(=O)N(CC(=O)Nc2nnc(C)s2)C(=O)N2CCCC2)cc1. The number of sulfonamides is 1. The van der Waals surface area contributed by atoms with Gasteiger partial charge in [-0.05, 0) is 38.8 Å². The largest absolute Gasteiger partial charge is 0.334 e. The van der Waals surface area contributed by atoms with Crippen LogP contribution in [0.3, 0.4) is 0 Å². The monoisotopic (exact) mass is 423 g/mol. The maximum absolute atomic E-state index is 13.1. The van der Waals surface area contributed by atoms with Gasteiger partial charge in [0.1, 0.15) is 11.6 Å². The molecule has 0 radical (unpaired) electrons. The van der Waals surface area contributed by atoms with Crippen molar-refractivity contribution in [1.82, 2.24) is 19.4 Å². The van der Waals surface area contributed by atoms with Crippen molar-refractivity contribution in [2.75, 3.05) is 25.0 Å². The second kappa shape index (κ2) is 8.23. The zero-order valence-corrected chi connectivity index (χ0v) is 17.2. The fourth-order valence-corrected chi connectivity index (χ4v) is 4.75. The number of carbonyl (C=O) groups is 2. The summed E-state index contributed by atoms with van der Waals surface area (Å²) in [5.41, 5.74) is 0.890. The number of likely N-dealkylation sites (tertiary alicyclic amines) is 1. The van der Waals surface area contributed by atoms with Crippen LogP contribution >= 0.6 is 11.3 Å². The fraction of sp³-hybridized carbons (Fsp3) is 0.412. The Balaban J connectivity index is 1.86. The highest BCUT2D eigenvalue weighted by Crippen LogP contribution is 2.21. The van der Waals surface area contributed by atoms with Gasteiger partial charge in [-0.3, -0.25) is 10.1 Å². The molecule has 1 aromatic heterocycles. The molecule has 3 rings (SSSR count). The van der Waals surface area contributed by atoms with E-state index in [4.69, 9.17) is 0 Å². The molecular weight excluding hydrogens is 402 g/mol. The van der Waals surface area contributed by atoms with Gasteiger partial charge in [0.2, 0.25) is 11.0 Å². The Bertz CT molecular complexity index is 966. The lowest BCUT2D eigenvalue weighted by Crippen LogP contribution is -2.48. The number of amides is 3. The summed E-state index contributed by atoms with van der Waals surface area (Å²) in [5, 5.41) is 11.0. The average Bonchev–Trinajstić information content (AvgIpc) is 3.31. The third-order valence-electron chi connectivity index (χ3n) is 4.26. The molecule has 2 heterocycles. The number of carbonyl (C=O) groups excluding carboxylic acids is 2. The molecule has 1 aliphatic rings. The second-order valence-corrected chi connectivity index (χ2v) is 9.52. The molecule has 0 aliphatic carbocycles. The second-order valence-electron chi connectivity index (χ2n) is 6.48. The third kappa shape index (κ3) is 4.47. The van der Waals surface area contributed by atoms with Gasteiger partial charge in [0.15, 0.2) is 0 Å². The van der Waals surface area contributed by atoms with Crippen molar-refractivity contribution in [3.8, 4) is 0 Å². The number of rotatable bonds is 5. The van der Waals surface area contributed by atoms with E-state index in [1.807, 2.05) is 6.92 Å². The number of nitrogens with zero attached hydrogens (tertiary/aromatic N) is 4. The number of anilines is 1. The molecule has 2 aromatic rings. The molecule has 1 N–H and O–H groups in total. The summed E-state index contributed by atoms with van der Waals surface area (Å²) in [6, 6.07) is 5.47. The lowest BCUT2D eigenvalue weighted by Gasteiger charge is -2.26. The minimum Gasteiger partial charge on any atom is -0.324 e. The highest BCUT2D eigenvalue weighted by atomic mass is 32.2. The van der Waals surface area contributed by atoms with Crippen molar-refractivity contribution >= 4 is 38.4 Å². The quantitative estimate of drug-likeness (QED) is 0.787. The first-order valence-corrected chi connectivity index (χ1v) is 11.0. The van der Waals surface area contributed by atoms with Crippen LogP contribution in [0.25, 0.3) is 0 Å². The molecule has 1 aromatic carbocycles. The summed E-state index contributed by atoms with van der Waals surface area (Å²) >= 11 is 1.16. The highest BCUT2D eigenvalue weighted by Gasteiger charge is 2.35. The standard InChI is InChI=1S/C17H21N5O4S2/c1-12-5-7-14(8-6-12)28(25,26)22(17(24)21-9-3-4-10-21)11-15(23)18-16-20-19-13(2)27-16/h5-8H,3-4,9-11H2,1-2H3,(H,18,20,23). The molecule has 150 valence electrons. The highest BCUT2D eigenvalue weighted by molar-refractivity contribution is 7.89. The number of hydrogen-bond acceptors (Lipinski definition) is 7. The number of aromatic nitrogens is 2. The van der Waals surface area contributed by atoms with Crippen LogP contribution in [0.1, 0.15) is 23.4 Å². The Morgan fingerprint density at radius 2 is 1.79 bits per heavy atom. The maximum atomic E-state index is 13.1. The van der Waals surface area contributed by atoms with Crippen LogP contribution in [0.5, 0.6) is 0 Å². The molecule has 0 spiro atoms. The van der Waals surface area contributed by atoms with Crippen LogP contribution < -0.4 is 5.32 Å². The topological polar surface area (TPSA) is 113 Å².